The largest absolute Gasteiger partial charge is 0.376 e. The average molecular weight is 544 g/mol. The monoisotopic (exact) mass is 544 g/mol. The van der Waals surface area contributed by atoms with E-state index >= 15 is 0 Å². The van der Waals surface area contributed by atoms with Crippen LogP contribution in [0.3, 0.4) is 0 Å². The van der Waals surface area contributed by atoms with Crippen molar-refractivity contribution in [2.24, 2.45) is 4.99 Å². The first-order valence-corrected chi connectivity index (χ1v) is 10.4. The number of nitrogens with zero attached hydrogens (tertiary/aromatic N) is 2. The van der Waals surface area contributed by atoms with Crippen LogP contribution in [0.15, 0.2) is 47.5 Å². The lowest BCUT2D eigenvalue weighted by molar-refractivity contribution is -0.0212. The predicted octanol–water partition coefficient (Wildman–Crippen LogP) is 4.06. The second kappa shape index (κ2) is 12.9. The molecule has 0 aliphatic carbocycles. The number of hydrogen-bond donors (Lipinski definition) is 2. The Morgan fingerprint density at radius 3 is 2.74 bits per heavy atom. The molecule has 0 radical (unpaired) electrons. The van der Waals surface area contributed by atoms with E-state index in [2.05, 4.69) is 39.6 Å². The molecule has 1 aliphatic heterocycles. The van der Waals surface area contributed by atoms with Gasteiger partial charge in [-0.2, -0.15) is 0 Å². The Bertz CT molecular complexity index is 865. The third-order valence-corrected chi connectivity index (χ3v) is 4.94. The lowest BCUT2D eigenvalue weighted by Crippen LogP contribution is -2.40. The third kappa shape index (κ3) is 8.34. The maximum atomic E-state index is 13.8. The molecule has 2 aromatic carbocycles. The number of benzene rings is 2. The van der Waals surface area contributed by atoms with E-state index in [4.69, 9.17) is 4.74 Å². The topological polar surface area (TPSA) is 48.9 Å². The molecule has 0 amide bonds. The zero-order chi connectivity index (χ0) is 21.3. The quantitative estimate of drug-likeness (QED) is 0.314. The summed E-state index contributed by atoms with van der Waals surface area (Å²) in [4.78, 5) is 6.99. The van der Waals surface area contributed by atoms with Crippen molar-refractivity contribution in [1.82, 2.24) is 15.5 Å². The van der Waals surface area contributed by atoms with Crippen LogP contribution in [-0.2, 0) is 24.4 Å². The smallest absolute Gasteiger partial charge is 0.191 e. The highest BCUT2D eigenvalue weighted by atomic mass is 127. The molecule has 1 saturated heterocycles. The molecule has 0 bridgehead atoms. The Balaban J connectivity index is 0.00000341. The Kier molecular flexibility index (Phi) is 10.6. The number of halogens is 3. The van der Waals surface area contributed by atoms with Gasteiger partial charge in [-0.15, -0.1) is 24.0 Å². The zero-order valence-electron chi connectivity index (χ0n) is 18.0. The number of guanidine groups is 1. The van der Waals surface area contributed by atoms with Crippen LogP contribution in [-0.4, -0.2) is 43.2 Å². The minimum atomic E-state index is -0.457. The van der Waals surface area contributed by atoms with Crippen molar-refractivity contribution in [3.63, 3.8) is 0 Å². The Morgan fingerprint density at radius 2 is 1.97 bits per heavy atom. The number of ether oxygens (including phenoxy) is 1. The fourth-order valence-electron chi connectivity index (χ4n) is 3.49. The zero-order valence-corrected chi connectivity index (χ0v) is 20.4. The Labute approximate surface area is 200 Å². The van der Waals surface area contributed by atoms with Crippen LogP contribution < -0.4 is 10.6 Å². The standard InChI is InChI=1S/C23H30F2N4O.HI/c1-3-26-23(28-14-20-12-21(24)7-8-22(20)25)27-13-18-5-4-6-19(11-18)16-29-9-10-30-17(2)15-29;/h4-8,11-12,17H,3,9-10,13-16H2,1-2H3,(H2,26,27,28);1H. The van der Waals surface area contributed by atoms with Gasteiger partial charge in [-0.1, -0.05) is 24.3 Å². The van der Waals surface area contributed by atoms with Gasteiger partial charge >= 0.3 is 0 Å². The van der Waals surface area contributed by atoms with Gasteiger partial charge in [0.05, 0.1) is 19.3 Å². The van der Waals surface area contributed by atoms with Crippen molar-refractivity contribution in [2.75, 3.05) is 26.2 Å². The molecule has 2 N–H and O–H groups in total. The maximum absolute atomic E-state index is 13.8. The van der Waals surface area contributed by atoms with Crippen LogP contribution >= 0.6 is 24.0 Å². The molecule has 1 fully saturated rings. The number of rotatable bonds is 7. The molecule has 170 valence electrons. The molecule has 1 atom stereocenters. The van der Waals surface area contributed by atoms with E-state index in [9.17, 15) is 8.78 Å². The van der Waals surface area contributed by atoms with Crippen LogP contribution in [0.25, 0.3) is 0 Å². The average Bonchev–Trinajstić information content (AvgIpc) is 2.72. The highest BCUT2D eigenvalue weighted by Gasteiger charge is 2.16. The van der Waals surface area contributed by atoms with Crippen LogP contribution in [0, 0.1) is 11.6 Å². The summed E-state index contributed by atoms with van der Waals surface area (Å²) < 4.78 is 32.8. The Morgan fingerprint density at radius 1 is 1.16 bits per heavy atom. The molecule has 1 unspecified atom stereocenters. The summed E-state index contributed by atoms with van der Waals surface area (Å²) in [5.41, 5.74) is 2.61. The number of nitrogens with one attached hydrogen (secondary N) is 2. The van der Waals surface area contributed by atoms with Gasteiger partial charge < -0.3 is 15.4 Å². The van der Waals surface area contributed by atoms with E-state index in [0.717, 1.165) is 43.9 Å². The second-order valence-electron chi connectivity index (χ2n) is 7.52. The molecule has 0 saturated carbocycles. The Hall–Kier alpha value is -1.78. The van der Waals surface area contributed by atoms with Crippen LogP contribution in [0.4, 0.5) is 8.78 Å². The van der Waals surface area contributed by atoms with E-state index in [0.29, 0.717) is 19.0 Å². The summed E-state index contributed by atoms with van der Waals surface area (Å²) in [6.45, 7) is 8.93. The summed E-state index contributed by atoms with van der Waals surface area (Å²) in [7, 11) is 0. The molecule has 0 spiro atoms. The van der Waals surface area contributed by atoms with Crippen LogP contribution in [0.5, 0.6) is 0 Å². The summed E-state index contributed by atoms with van der Waals surface area (Å²) >= 11 is 0. The van der Waals surface area contributed by atoms with Crippen LogP contribution in [0.2, 0.25) is 0 Å². The van der Waals surface area contributed by atoms with Crippen LogP contribution in [0.1, 0.15) is 30.5 Å². The van der Waals surface area contributed by atoms with Crippen molar-refractivity contribution in [3.8, 4) is 0 Å². The van der Waals surface area contributed by atoms with E-state index in [-0.39, 0.29) is 42.2 Å². The SMILES string of the molecule is CCNC(=NCc1cccc(CN2CCOC(C)C2)c1)NCc1cc(F)ccc1F.I. The molecule has 0 aromatic heterocycles. The van der Waals surface area contributed by atoms with E-state index in [1.165, 1.54) is 11.6 Å². The highest BCUT2D eigenvalue weighted by molar-refractivity contribution is 14.0. The lowest BCUT2D eigenvalue weighted by atomic mass is 10.1. The molecule has 8 heteroatoms. The molecule has 5 nitrogen and oxygen atoms in total. The van der Waals surface area contributed by atoms with Gasteiger partial charge in [-0.3, -0.25) is 4.90 Å². The molecular formula is C23H31F2IN4O. The first-order chi connectivity index (χ1) is 14.5. The first-order valence-electron chi connectivity index (χ1n) is 10.4. The fraction of sp³-hybridized carbons (Fsp3) is 0.435. The first kappa shape index (κ1) is 25.5. The van der Waals surface area contributed by atoms with Crippen molar-refractivity contribution >= 4 is 29.9 Å². The number of hydrogen-bond acceptors (Lipinski definition) is 3. The highest BCUT2D eigenvalue weighted by Crippen LogP contribution is 2.13. The number of aliphatic imine (C=N–C) groups is 1. The number of morpholine rings is 1. The molecule has 1 aliphatic rings. The molecule has 2 aromatic rings. The summed E-state index contributed by atoms with van der Waals surface area (Å²) in [6.07, 6.45) is 0.267. The van der Waals surface area contributed by atoms with Gasteiger partial charge in [0.25, 0.3) is 0 Å². The van der Waals surface area contributed by atoms with Gasteiger partial charge in [-0.05, 0) is 43.2 Å². The molecule has 3 rings (SSSR count). The van der Waals surface area contributed by atoms with Crippen molar-refractivity contribution in [3.05, 3.63) is 70.8 Å². The van der Waals surface area contributed by atoms with Crippen molar-refractivity contribution in [2.45, 2.75) is 39.6 Å². The lowest BCUT2D eigenvalue weighted by Gasteiger charge is -2.31. The summed E-state index contributed by atoms with van der Waals surface area (Å²) in [6, 6.07) is 11.8. The maximum Gasteiger partial charge on any atom is 0.191 e. The minimum absolute atomic E-state index is 0. The molecular weight excluding hydrogens is 513 g/mol. The molecule has 1 heterocycles. The van der Waals surface area contributed by atoms with E-state index < -0.39 is 11.6 Å². The third-order valence-electron chi connectivity index (χ3n) is 4.94. The molecule has 31 heavy (non-hydrogen) atoms. The fourth-order valence-corrected chi connectivity index (χ4v) is 3.49. The van der Waals surface area contributed by atoms with Crippen molar-refractivity contribution < 1.29 is 13.5 Å². The van der Waals surface area contributed by atoms with Gasteiger partial charge in [0, 0.05) is 38.3 Å². The van der Waals surface area contributed by atoms with Gasteiger partial charge in [-0.25, -0.2) is 13.8 Å². The predicted molar refractivity (Wildman–Crippen MR) is 131 cm³/mol. The van der Waals surface area contributed by atoms with Gasteiger partial charge in [0.1, 0.15) is 11.6 Å². The van der Waals surface area contributed by atoms with Crippen molar-refractivity contribution in [1.29, 1.82) is 0 Å². The minimum Gasteiger partial charge on any atom is -0.376 e. The summed E-state index contributed by atoms with van der Waals surface area (Å²) in [5, 5.41) is 6.21. The normalized spacial score (nSPS) is 17.2. The van der Waals surface area contributed by atoms with E-state index in [1.807, 2.05) is 19.1 Å². The van der Waals surface area contributed by atoms with Gasteiger partial charge in [0.15, 0.2) is 5.96 Å². The van der Waals surface area contributed by atoms with E-state index in [1.54, 1.807) is 0 Å². The second-order valence-corrected chi connectivity index (χ2v) is 7.52. The summed E-state index contributed by atoms with van der Waals surface area (Å²) in [5.74, 6) is -0.333. The van der Waals surface area contributed by atoms with Gasteiger partial charge in [0.2, 0.25) is 0 Å².